The second-order valence-corrected chi connectivity index (χ2v) is 5.11. The van der Waals surface area contributed by atoms with Crippen molar-refractivity contribution in [3.63, 3.8) is 0 Å². The van der Waals surface area contributed by atoms with Crippen LogP contribution in [-0.2, 0) is 6.42 Å². The average Bonchev–Trinajstić information content (AvgIpc) is 2.26. The van der Waals surface area contributed by atoms with Gasteiger partial charge in [0.2, 0.25) is 0 Å². The van der Waals surface area contributed by atoms with Crippen molar-refractivity contribution in [3.8, 4) is 5.75 Å². The van der Waals surface area contributed by atoms with Gasteiger partial charge < -0.3 is 10.1 Å². The number of likely N-dealkylation sites (N-methyl/N-ethyl adjacent to an activating group) is 1. The van der Waals surface area contributed by atoms with E-state index in [0.717, 1.165) is 12.2 Å². The fourth-order valence-corrected chi connectivity index (χ4v) is 2.29. The van der Waals surface area contributed by atoms with Crippen LogP contribution in [0.4, 0.5) is 0 Å². The zero-order valence-corrected chi connectivity index (χ0v) is 11.9. The van der Waals surface area contributed by atoms with Crippen LogP contribution in [0.25, 0.3) is 0 Å². The van der Waals surface area contributed by atoms with Crippen LogP contribution in [0.2, 0.25) is 0 Å². The minimum atomic E-state index is 0.491. The van der Waals surface area contributed by atoms with Gasteiger partial charge >= 0.3 is 0 Å². The van der Waals surface area contributed by atoms with Crippen LogP contribution in [0.5, 0.6) is 5.75 Å². The fourth-order valence-electron chi connectivity index (χ4n) is 2.29. The number of ether oxygens (including phenoxy) is 1. The molecule has 0 spiro atoms. The predicted molar refractivity (Wildman–Crippen MR) is 73.9 cm³/mol. The van der Waals surface area contributed by atoms with E-state index in [2.05, 4.69) is 45.1 Å². The molecule has 0 saturated heterocycles. The number of nitrogens with one attached hydrogen (secondary N) is 1. The first kappa shape index (κ1) is 14.0. The molecule has 0 saturated carbocycles. The molecule has 0 fully saturated rings. The molecule has 1 N–H and O–H groups in total. The Bertz CT molecular complexity index is 371. The molecular formula is C15H25NO. The molecule has 2 heteroatoms. The SMILES string of the molecule is CNC(Cc1c(C)cc(C)cc1OC)C(C)C. The van der Waals surface area contributed by atoms with Crippen molar-refractivity contribution in [1.29, 1.82) is 0 Å². The van der Waals surface area contributed by atoms with Crippen LogP contribution in [0.1, 0.15) is 30.5 Å². The number of methoxy groups -OCH3 is 1. The lowest BCUT2D eigenvalue weighted by Gasteiger charge is -2.23. The summed E-state index contributed by atoms with van der Waals surface area (Å²) in [5, 5.41) is 3.39. The summed E-state index contributed by atoms with van der Waals surface area (Å²) in [6.07, 6.45) is 1.02. The van der Waals surface area contributed by atoms with Crippen molar-refractivity contribution in [3.05, 3.63) is 28.8 Å². The van der Waals surface area contributed by atoms with E-state index < -0.39 is 0 Å². The molecule has 0 bridgehead atoms. The van der Waals surface area contributed by atoms with E-state index in [4.69, 9.17) is 4.74 Å². The zero-order valence-electron chi connectivity index (χ0n) is 11.9. The number of hydrogen-bond acceptors (Lipinski definition) is 2. The Labute approximate surface area is 105 Å². The molecule has 0 heterocycles. The largest absolute Gasteiger partial charge is 0.496 e. The van der Waals surface area contributed by atoms with Crippen LogP contribution in [0.3, 0.4) is 0 Å². The Kier molecular flexibility index (Phi) is 5.01. The number of hydrogen-bond donors (Lipinski definition) is 1. The van der Waals surface area contributed by atoms with Gasteiger partial charge in [-0.15, -0.1) is 0 Å². The predicted octanol–water partition coefficient (Wildman–Crippen LogP) is 3.10. The minimum Gasteiger partial charge on any atom is -0.496 e. The van der Waals surface area contributed by atoms with E-state index in [1.807, 2.05) is 7.05 Å². The summed E-state index contributed by atoms with van der Waals surface area (Å²) in [6.45, 7) is 8.77. The van der Waals surface area contributed by atoms with E-state index >= 15 is 0 Å². The van der Waals surface area contributed by atoms with Gasteiger partial charge in [0, 0.05) is 6.04 Å². The lowest BCUT2D eigenvalue weighted by molar-refractivity contribution is 0.390. The lowest BCUT2D eigenvalue weighted by atomic mass is 9.92. The molecule has 17 heavy (non-hydrogen) atoms. The van der Waals surface area contributed by atoms with E-state index in [9.17, 15) is 0 Å². The quantitative estimate of drug-likeness (QED) is 0.846. The van der Waals surface area contributed by atoms with Crippen molar-refractivity contribution in [2.75, 3.05) is 14.2 Å². The molecule has 1 aromatic carbocycles. The maximum atomic E-state index is 5.50. The van der Waals surface area contributed by atoms with Crippen molar-refractivity contribution in [1.82, 2.24) is 5.32 Å². The van der Waals surface area contributed by atoms with Crippen molar-refractivity contribution < 1.29 is 4.74 Å². The van der Waals surface area contributed by atoms with Crippen molar-refractivity contribution >= 4 is 0 Å². The molecule has 0 aliphatic rings. The molecule has 0 aliphatic heterocycles. The Morgan fingerprint density at radius 3 is 2.35 bits per heavy atom. The first-order valence-corrected chi connectivity index (χ1v) is 6.31. The van der Waals surface area contributed by atoms with Crippen LogP contribution in [-0.4, -0.2) is 20.2 Å². The topological polar surface area (TPSA) is 21.3 Å². The van der Waals surface area contributed by atoms with Gasteiger partial charge in [0.25, 0.3) is 0 Å². The second-order valence-electron chi connectivity index (χ2n) is 5.11. The molecule has 1 aromatic rings. The van der Waals surface area contributed by atoms with Gasteiger partial charge in [-0.2, -0.15) is 0 Å². The van der Waals surface area contributed by atoms with E-state index in [0.29, 0.717) is 12.0 Å². The van der Waals surface area contributed by atoms with Gasteiger partial charge in [-0.05, 0) is 56.0 Å². The highest BCUT2D eigenvalue weighted by molar-refractivity contribution is 5.43. The molecule has 1 rings (SSSR count). The molecule has 2 nitrogen and oxygen atoms in total. The highest BCUT2D eigenvalue weighted by Crippen LogP contribution is 2.26. The first-order chi connectivity index (χ1) is 7.99. The molecule has 0 aliphatic carbocycles. The highest BCUT2D eigenvalue weighted by Gasteiger charge is 2.16. The summed E-state index contributed by atoms with van der Waals surface area (Å²) in [7, 11) is 3.78. The van der Waals surface area contributed by atoms with Crippen molar-refractivity contribution in [2.24, 2.45) is 5.92 Å². The summed E-state index contributed by atoms with van der Waals surface area (Å²) >= 11 is 0. The Balaban J connectivity index is 3.04. The fraction of sp³-hybridized carbons (Fsp3) is 0.600. The van der Waals surface area contributed by atoms with Crippen LogP contribution in [0, 0.1) is 19.8 Å². The maximum Gasteiger partial charge on any atom is 0.122 e. The van der Waals surface area contributed by atoms with Gasteiger partial charge in [-0.25, -0.2) is 0 Å². The number of aryl methyl sites for hydroxylation is 2. The summed E-state index contributed by atoms with van der Waals surface area (Å²) in [6, 6.07) is 4.84. The molecule has 1 unspecified atom stereocenters. The van der Waals surface area contributed by atoms with Gasteiger partial charge in [0.05, 0.1) is 7.11 Å². The van der Waals surface area contributed by atoms with Crippen LogP contribution in [0.15, 0.2) is 12.1 Å². The molecule has 0 radical (unpaired) electrons. The van der Waals surface area contributed by atoms with Crippen molar-refractivity contribution in [2.45, 2.75) is 40.2 Å². The monoisotopic (exact) mass is 235 g/mol. The molecule has 1 atom stereocenters. The normalized spacial score (nSPS) is 12.9. The maximum absolute atomic E-state index is 5.50. The van der Waals surface area contributed by atoms with Crippen LogP contribution < -0.4 is 10.1 Å². The van der Waals surface area contributed by atoms with E-state index in [1.165, 1.54) is 16.7 Å². The Hall–Kier alpha value is -1.02. The first-order valence-electron chi connectivity index (χ1n) is 6.31. The molecule has 0 aromatic heterocycles. The van der Waals surface area contributed by atoms with Gasteiger partial charge in [0.15, 0.2) is 0 Å². The Morgan fingerprint density at radius 2 is 1.88 bits per heavy atom. The van der Waals surface area contributed by atoms with Gasteiger partial charge in [-0.1, -0.05) is 19.9 Å². The average molecular weight is 235 g/mol. The third-order valence-electron chi connectivity index (χ3n) is 3.40. The Morgan fingerprint density at radius 1 is 1.24 bits per heavy atom. The zero-order chi connectivity index (χ0) is 13.0. The number of rotatable bonds is 5. The van der Waals surface area contributed by atoms with Gasteiger partial charge in [-0.3, -0.25) is 0 Å². The third-order valence-corrected chi connectivity index (χ3v) is 3.40. The summed E-state index contributed by atoms with van der Waals surface area (Å²) in [4.78, 5) is 0. The second kappa shape index (κ2) is 6.06. The summed E-state index contributed by atoms with van der Waals surface area (Å²) < 4.78 is 5.50. The minimum absolute atomic E-state index is 0.491. The summed E-state index contributed by atoms with van der Waals surface area (Å²) in [5.41, 5.74) is 3.91. The lowest BCUT2D eigenvalue weighted by Crippen LogP contribution is -2.33. The molecular weight excluding hydrogens is 210 g/mol. The third kappa shape index (κ3) is 3.47. The standard InChI is InChI=1S/C15H25NO/c1-10(2)14(16-5)9-13-12(4)7-11(3)8-15(13)17-6/h7-8,10,14,16H,9H2,1-6H3. The van der Waals surface area contributed by atoms with E-state index in [1.54, 1.807) is 7.11 Å². The summed E-state index contributed by atoms with van der Waals surface area (Å²) in [5.74, 6) is 1.63. The smallest absolute Gasteiger partial charge is 0.122 e. The van der Waals surface area contributed by atoms with Crippen LogP contribution >= 0.6 is 0 Å². The van der Waals surface area contributed by atoms with Gasteiger partial charge in [0.1, 0.15) is 5.75 Å². The van der Waals surface area contributed by atoms with E-state index in [-0.39, 0.29) is 0 Å². The molecule has 0 amide bonds. The highest BCUT2D eigenvalue weighted by atomic mass is 16.5. The molecule has 96 valence electrons. The number of benzene rings is 1.